The van der Waals surface area contributed by atoms with Crippen LogP contribution in [0, 0.1) is 5.41 Å². The zero-order valence-electron chi connectivity index (χ0n) is 22.4. The topological polar surface area (TPSA) is 117 Å². The summed E-state index contributed by atoms with van der Waals surface area (Å²) in [6.07, 6.45) is -6.22. The highest BCUT2D eigenvalue weighted by molar-refractivity contribution is 6.05. The van der Waals surface area contributed by atoms with E-state index in [4.69, 9.17) is 47.4 Å². The molecule has 12 heteroatoms. The minimum Gasteiger partial charge on any atom is -0.446 e. The normalized spacial score (nSPS) is 39.7. The van der Waals surface area contributed by atoms with Gasteiger partial charge in [0.2, 0.25) is 36.8 Å². The van der Waals surface area contributed by atoms with E-state index in [-0.39, 0.29) is 0 Å². The number of hydrogen-bond acceptors (Lipinski definition) is 12. The molecule has 8 rings (SSSR count). The highest BCUT2D eigenvalue weighted by atomic mass is 16.8. The zero-order valence-corrected chi connectivity index (χ0v) is 22.4. The van der Waals surface area contributed by atoms with Gasteiger partial charge in [-0.1, -0.05) is 60.7 Å². The van der Waals surface area contributed by atoms with Crippen LogP contribution in [0.5, 0.6) is 0 Å². The molecular weight excluding hydrogens is 536 g/mol. The number of benzene rings is 2. The minimum absolute atomic E-state index is 0.294. The van der Waals surface area contributed by atoms with E-state index >= 15 is 0 Å². The second-order valence-corrected chi connectivity index (χ2v) is 11.0. The van der Waals surface area contributed by atoms with E-state index in [2.05, 4.69) is 9.98 Å². The Labute approximate surface area is 236 Å². The highest BCUT2D eigenvalue weighted by Gasteiger charge is 2.54. The van der Waals surface area contributed by atoms with Crippen LogP contribution in [0.4, 0.5) is 0 Å². The molecule has 6 heterocycles. The van der Waals surface area contributed by atoms with Gasteiger partial charge in [0.05, 0.1) is 13.2 Å². The van der Waals surface area contributed by atoms with Gasteiger partial charge in [0.15, 0.2) is 25.2 Å². The summed E-state index contributed by atoms with van der Waals surface area (Å²) in [5, 5.41) is 0. The molecule has 0 saturated carbocycles. The van der Waals surface area contributed by atoms with Crippen LogP contribution in [0.2, 0.25) is 0 Å². The fourth-order valence-electron chi connectivity index (χ4n) is 5.49. The molecule has 0 radical (unpaired) electrons. The summed E-state index contributed by atoms with van der Waals surface area (Å²) in [5.74, 6) is 0.732. The average molecular weight is 567 g/mol. The maximum Gasteiger partial charge on any atom is 0.249 e. The van der Waals surface area contributed by atoms with E-state index in [1.807, 2.05) is 74.5 Å². The lowest BCUT2D eigenvalue weighted by molar-refractivity contribution is -0.397. The van der Waals surface area contributed by atoms with Crippen LogP contribution >= 0.6 is 0 Å². The maximum atomic E-state index is 6.16. The average Bonchev–Trinajstić information content (AvgIpc) is 3.63. The molecule has 12 nitrogen and oxygen atoms in total. The molecule has 2 aromatic carbocycles. The molecule has 0 N–H and O–H groups in total. The Morgan fingerprint density at radius 3 is 1.44 bits per heavy atom. The quantitative estimate of drug-likeness (QED) is 0.546. The molecule has 4 saturated heterocycles. The van der Waals surface area contributed by atoms with Crippen LogP contribution in [0.3, 0.4) is 0 Å². The molecule has 0 aliphatic carbocycles. The third-order valence-corrected chi connectivity index (χ3v) is 7.73. The van der Waals surface area contributed by atoms with E-state index in [0.29, 0.717) is 25.0 Å². The summed E-state index contributed by atoms with van der Waals surface area (Å²) in [4.78, 5) is 9.37. The van der Waals surface area contributed by atoms with E-state index in [9.17, 15) is 0 Å². The van der Waals surface area contributed by atoms with Gasteiger partial charge in [0, 0.05) is 11.1 Å². The van der Waals surface area contributed by atoms with Gasteiger partial charge in [-0.25, -0.2) is 9.98 Å². The van der Waals surface area contributed by atoms with Crippen LogP contribution in [0.1, 0.15) is 37.6 Å². The van der Waals surface area contributed by atoms with Crippen LogP contribution in [-0.2, 0) is 47.4 Å². The van der Waals surface area contributed by atoms with Crippen LogP contribution < -0.4 is 0 Å². The molecule has 6 aliphatic heterocycles. The van der Waals surface area contributed by atoms with Crippen LogP contribution in [0.15, 0.2) is 70.6 Å². The van der Waals surface area contributed by atoms with Crippen molar-refractivity contribution in [3.8, 4) is 0 Å². The van der Waals surface area contributed by atoms with Gasteiger partial charge in [-0.3, -0.25) is 0 Å². The molecule has 6 aliphatic rings. The first-order valence-electron chi connectivity index (χ1n) is 13.8. The third-order valence-electron chi connectivity index (χ3n) is 7.73. The molecule has 0 aromatic heterocycles. The van der Waals surface area contributed by atoms with Crippen LogP contribution in [-0.4, -0.2) is 74.8 Å². The van der Waals surface area contributed by atoms with Gasteiger partial charge < -0.3 is 47.4 Å². The Morgan fingerprint density at radius 2 is 1.00 bits per heavy atom. The van der Waals surface area contributed by atoms with E-state index < -0.39 is 67.8 Å². The molecule has 2 aromatic rings. The second kappa shape index (κ2) is 10.1. The Balaban J connectivity index is 0.939. The van der Waals surface area contributed by atoms with Crippen LogP contribution in [0.25, 0.3) is 0 Å². The Morgan fingerprint density at radius 1 is 0.561 bits per heavy atom. The Bertz CT molecular complexity index is 1220. The number of ether oxygens (including phenoxy) is 10. The van der Waals surface area contributed by atoms with Crippen molar-refractivity contribution in [1.29, 1.82) is 0 Å². The highest BCUT2D eigenvalue weighted by Crippen LogP contribution is 2.41. The third kappa shape index (κ3) is 4.64. The number of rotatable bonds is 4. The van der Waals surface area contributed by atoms with Gasteiger partial charge in [-0.15, -0.1) is 0 Å². The number of nitrogens with zero attached hydrogens (tertiary/aromatic N) is 2. The van der Waals surface area contributed by atoms with E-state index in [0.717, 1.165) is 11.1 Å². The monoisotopic (exact) mass is 566 g/mol. The first kappa shape index (κ1) is 25.7. The number of hydrogen-bond donors (Lipinski definition) is 0. The predicted molar refractivity (Wildman–Crippen MR) is 138 cm³/mol. The van der Waals surface area contributed by atoms with E-state index in [1.165, 1.54) is 0 Å². The maximum absolute atomic E-state index is 6.16. The SMILES string of the molecule is CC(C)(C1=N[C@@H]2O[C@@H]3O[C@H](c4ccccc4)OC[C@H]3O[C@@H]2O1)C1=N[C@@H]2O[C@@H]3O[C@H](c4ccccc4)OC[C@H]3O[C@@H]2O1. The van der Waals surface area contributed by atoms with Crippen molar-refractivity contribution >= 4 is 11.8 Å². The van der Waals surface area contributed by atoms with Crippen molar-refractivity contribution in [3.05, 3.63) is 71.8 Å². The summed E-state index contributed by atoms with van der Waals surface area (Å²) in [7, 11) is 0. The lowest BCUT2D eigenvalue weighted by Crippen LogP contribution is -2.54. The predicted octanol–water partition coefficient (Wildman–Crippen LogP) is 3.15. The molecule has 10 atom stereocenters. The molecule has 0 bridgehead atoms. The molecule has 0 spiro atoms. The molecule has 0 amide bonds. The fourth-order valence-corrected chi connectivity index (χ4v) is 5.49. The van der Waals surface area contributed by atoms with Crippen molar-refractivity contribution in [2.45, 2.75) is 76.3 Å². The second-order valence-electron chi connectivity index (χ2n) is 11.0. The summed E-state index contributed by atoms with van der Waals surface area (Å²) < 4.78 is 60.7. The zero-order chi connectivity index (χ0) is 27.6. The van der Waals surface area contributed by atoms with Crippen molar-refractivity contribution in [1.82, 2.24) is 0 Å². The van der Waals surface area contributed by atoms with Crippen molar-refractivity contribution in [2.75, 3.05) is 13.2 Å². The van der Waals surface area contributed by atoms with Gasteiger partial charge in [-0.2, -0.15) is 0 Å². The standard InChI is InChI=1S/C29H30N2O10/c1-29(2,27-30-19-25(40-27)34-17-13-32-21(38-23(17)36-19)15-9-5-3-6-10-15)28-31-20-26(41-28)35-18-14-33-22(39-24(18)37-20)16-11-7-4-8-12-16/h3-12,17-26H,13-14H2,1-2H3/t17-,18-,19-,20-,21-,22-,23-,24-,25-,26-/m1/s1. The molecule has 41 heavy (non-hydrogen) atoms. The molecule has 4 fully saturated rings. The van der Waals surface area contributed by atoms with Gasteiger partial charge >= 0.3 is 0 Å². The summed E-state index contributed by atoms with van der Waals surface area (Å²) >= 11 is 0. The summed E-state index contributed by atoms with van der Waals surface area (Å²) in [6.45, 7) is 4.39. The molecule has 0 unspecified atom stereocenters. The molecule has 216 valence electrons. The number of aliphatic imine (C=N–C) groups is 2. The van der Waals surface area contributed by atoms with Crippen molar-refractivity contribution in [3.63, 3.8) is 0 Å². The number of fused-ring (bicyclic) bond motifs is 4. The smallest absolute Gasteiger partial charge is 0.249 e. The first-order valence-corrected chi connectivity index (χ1v) is 13.8. The summed E-state index contributed by atoms with van der Waals surface area (Å²) in [5.41, 5.74) is 0.942. The lowest BCUT2D eigenvalue weighted by Gasteiger charge is -2.41. The van der Waals surface area contributed by atoms with Crippen molar-refractivity contribution in [2.24, 2.45) is 15.4 Å². The van der Waals surface area contributed by atoms with Gasteiger partial charge in [0.1, 0.15) is 17.6 Å². The van der Waals surface area contributed by atoms with Gasteiger partial charge in [-0.05, 0) is 13.8 Å². The van der Waals surface area contributed by atoms with E-state index in [1.54, 1.807) is 0 Å². The largest absolute Gasteiger partial charge is 0.446 e. The Hall–Kier alpha value is -2.94. The van der Waals surface area contributed by atoms with Crippen molar-refractivity contribution < 1.29 is 47.4 Å². The molecular formula is C29H30N2O10. The lowest BCUT2D eigenvalue weighted by atomic mass is 9.93. The fraction of sp³-hybridized carbons (Fsp3) is 0.517. The Kier molecular flexibility index (Phi) is 6.34. The minimum atomic E-state index is -0.863. The summed E-state index contributed by atoms with van der Waals surface area (Å²) in [6, 6.07) is 19.4. The first-order chi connectivity index (χ1) is 20.0. The van der Waals surface area contributed by atoms with Gasteiger partial charge in [0.25, 0.3) is 0 Å².